The van der Waals surface area contributed by atoms with E-state index in [1.54, 1.807) is 54.6 Å². The van der Waals surface area contributed by atoms with Crippen LogP contribution in [-0.4, -0.2) is 20.0 Å². The van der Waals surface area contributed by atoms with Gasteiger partial charge >= 0.3 is 0 Å². The highest BCUT2D eigenvalue weighted by atomic mass is 32.2. The zero-order valence-electron chi connectivity index (χ0n) is 15.0. The molecular weight excluding hydrogens is 379 g/mol. The molecule has 0 aliphatic carbocycles. The molecule has 0 unspecified atom stereocenters. The van der Waals surface area contributed by atoms with Gasteiger partial charge in [-0.15, -0.1) is 4.40 Å². The average Bonchev–Trinajstić information content (AvgIpc) is 2.69. The Morgan fingerprint density at radius 3 is 2.04 bits per heavy atom. The Labute approximate surface area is 162 Å². The van der Waals surface area contributed by atoms with Crippen LogP contribution in [-0.2, 0) is 10.0 Å². The number of nitrogens with one attached hydrogen (secondary N) is 1. The maximum Gasteiger partial charge on any atom is 0.284 e. The van der Waals surface area contributed by atoms with Crippen molar-refractivity contribution in [2.24, 2.45) is 4.40 Å². The van der Waals surface area contributed by atoms with Gasteiger partial charge in [0.25, 0.3) is 10.0 Å². The molecule has 28 heavy (non-hydrogen) atoms. The van der Waals surface area contributed by atoms with Gasteiger partial charge in [-0.05, 0) is 55.5 Å². The smallest absolute Gasteiger partial charge is 0.284 e. The van der Waals surface area contributed by atoms with Crippen molar-refractivity contribution in [2.75, 3.05) is 5.32 Å². The number of amidine groups is 1. The first kappa shape index (κ1) is 19.4. The molecular formula is C21H17FN2O3S. The van der Waals surface area contributed by atoms with Crippen LogP contribution in [0.3, 0.4) is 0 Å². The quantitative estimate of drug-likeness (QED) is 0.397. The van der Waals surface area contributed by atoms with E-state index in [-0.39, 0.29) is 16.5 Å². The number of carbonyl (C=O) groups is 1. The summed E-state index contributed by atoms with van der Waals surface area (Å²) in [6.07, 6.45) is 0. The molecule has 7 heteroatoms. The van der Waals surface area contributed by atoms with E-state index >= 15 is 0 Å². The fourth-order valence-corrected chi connectivity index (χ4v) is 3.42. The van der Waals surface area contributed by atoms with E-state index in [4.69, 9.17) is 0 Å². The van der Waals surface area contributed by atoms with Gasteiger partial charge < -0.3 is 5.32 Å². The average molecular weight is 396 g/mol. The van der Waals surface area contributed by atoms with Crippen molar-refractivity contribution in [3.63, 3.8) is 0 Å². The summed E-state index contributed by atoms with van der Waals surface area (Å²) in [5.41, 5.74) is 1.67. The van der Waals surface area contributed by atoms with Crippen LogP contribution in [0.2, 0.25) is 0 Å². The van der Waals surface area contributed by atoms with Gasteiger partial charge in [0.1, 0.15) is 5.82 Å². The summed E-state index contributed by atoms with van der Waals surface area (Å²) in [5, 5.41) is 2.98. The summed E-state index contributed by atoms with van der Waals surface area (Å²) >= 11 is 0. The highest BCUT2D eigenvalue weighted by Crippen LogP contribution is 2.17. The summed E-state index contributed by atoms with van der Waals surface area (Å²) in [6.45, 7) is 1.47. The lowest BCUT2D eigenvalue weighted by atomic mass is 10.1. The van der Waals surface area contributed by atoms with Crippen molar-refractivity contribution in [1.82, 2.24) is 0 Å². The summed E-state index contributed by atoms with van der Waals surface area (Å²) in [7, 11) is -4.06. The molecule has 0 saturated carbocycles. The first-order valence-corrected chi connectivity index (χ1v) is 9.83. The molecule has 5 nitrogen and oxygen atoms in total. The fraction of sp³-hybridized carbons (Fsp3) is 0.0476. The third-order valence-corrected chi connectivity index (χ3v) is 5.22. The van der Waals surface area contributed by atoms with E-state index in [1.807, 2.05) is 0 Å². The van der Waals surface area contributed by atoms with E-state index in [0.29, 0.717) is 16.8 Å². The maximum atomic E-state index is 13.1. The summed E-state index contributed by atoms with van der Waals surface area (Å²) in [4.78, 5) is 11.3. The van der Waals surface area contributed by atoms with Crippen molar-refractivity contribution < 1.29 is 17.6 Å². The second kappa shape index (κ2) is 8.14. The molecule has 0 bridgehead atoms. The second-order valence-electron chi connectivity index (χ2n) is 5.99. The largest absolute Gasteiger partial charge is 0.339 e. The standard InChI is InChI=1S/C21H17FN2O3S/c1-15(25)16-7-11-19(12-8-16)23-21(17-5-3-2-4-6-17)24-28(26,27)20-13-9-18(22)10-14-20/h2-14H,1H3,(H,23,24). The summed E-state index contributed by atoms with van der Waals surface area (Å²) < 4.78 is 42.4. The number of halogens is 1. The predicted molar refractivity (Wildman–Crippen MR) is 107 cm³/mol. The van der Waals surface area contributed by atoms with Crippen LogP contribution in [0, 0.1) is 5.82 Å². The molecule has 0 heterocycles. The minimum Gasteiger partial charge on any atom is -0.339 e. The molecule has 0 aliphatic heterocycles. The molecule has 0 atom stereocenters. The van der Waals surface area contributed by atoms with Crippen LogP contribution in [0.5, 0.6) is 0 Å². The number of carbonyl (C=O) groups excluding carboxylic acids is 1. The normalized spacial score (nSPS) is 11.9. The molecule has 0 fully saturated rings. The Bertz CT molecular complexity index is 1110. The monoisotopic (exact) mass is 396 g/mol. The third-order valence-electron chi connectivity index (χ3n) is 3.92. The van der Waals surface area contributed by atoms with Crippen molar-refractivity contribution in [3.8, 4) is 0 Å². The van der Waals surface area contributed by atoms with Crippen molar-refractivity contribution >= 4 is 27.3 Å². The summed E-state index contributed by atoms with van der Waals surface area (Å²) in [6, 6.07) is 19.8. The Morgan fingerprint density at radius 1 is 0.857 bits per heavy atom. The van der Waals surface area contributed by atoms with Crippen molar-refractivity contribution in [2.45, 2.75) is 11.8 Å². The molecule has 0 radical (unpaired) electrons. The molecule has 3 rings (SSSR count). The van der Waals surface area contributed by atoms with E-state index in [2.05, 4.69) is 9.71 Å². The predicted octanol–water partition coefficient (Wildman–Crippen LogP) is 4.28. The molecule has 0 aliphatic rings. The van der Waals surface area contributed by atoms with E-state index < -0.39 is 15.8 Å². The summed E-state index contributed by atoms with van der Waals surface area (Å²) in [5.74, 6) is -0.488. The first-order valence-electron chi connectivity index (χ1n) is 8.39. The van der Waals surface area contributed by atoms with E-state index in [1.165, 1.54) is 19.1 Å². The number of sulfonamides is 1. The van der Waals surface area contributed by atoms with E-state index in [9.17, 15) is 17.6 Å². The Balaban J connectivity index is 2.01. The zero-order chi connectivity index (χ0) is 20.1. The number of ketones is 1. The highest BCUT2D eigenvalue weighted by molar-refractivity contribution is 7.90. The Morgan fingerprint density at radius 2 is 1.46 bits per heavy atom. The number of nitrogens with zero attached hydrogens (tertiary/aromatic N) is 1. The number of benzene rings is 3. The minimum atomic E-state index is -4.06. The van der Waals surface area contributed by atoms with Gasteiger partial charge in [-0.25, -0.2) is 4.39 Å². The van der Waals surface area contributed by atoms with Gasteiger partial charge in [0.2, 0.25) is 0 Å². The van der Waals surface area contributed by atoms with Crippen LogP contribution < -0.4 is 5.32 Å². The van der Waals surface area contributed by atoms with Crippen molar-refractivity contribution in [1.29, 1.82) is 0 Å². The fourth-order valence-electron chi connectivity index (χ4n) is 2.45. The molecule has 3 aromatic rings. The Kier molecular flexibility index (Phi) is 5.65. The lowest BCUT2D eigenvalue weighted by molar-refractivity contribution is 0.101. The third kappa shape index (κ3) is 4.69. The van der Waals surface area contributed by atoms with Gasteiger partial charge in [-0.3, -0.25) is 4.79 Å². The Hall–Kier alpha value is -3.32. The van der Waals surface area contributed by atoms with Crippen molar-refractivity contribution in [3.05, 3.63) is 95.8 Å². The maximum absolute atomic E-state index is 13.1. The van der Waals surface area contributed by atoms with E-state index in [0.717, 1.165) is 12.1 Å². The molecule has 0 spiro atoms. The molecule has 0 aromatic heterocycles. The lowest BCUT2D eigenvalue weighted by Gasteiger charge is -2.11. The van der Waals surface area contributed by atoms with Crippen LogP contribution >= 0.6 is 0 Å². The number of hydrogen-bond donors (Lipinski definition) is 1. The second-order valence-corrected chi connectivity index (χ2v) is 7.60. The van der Waals surface area contributed by atoms with Gasteiger partial charge in [0.05, 0.1) is 4.90 Å². The van der Waals surface area contributed by atoms with Gasteiger partial charge in [-0.2, -0.15) is 8.42 Å². The van der Waals surface area contributed by atoms with Crippen LogP contribution in [0.1, 0.15) is 22.8 Å². The molecule has 1 N–H and O–H groups in total. The van der Waals surface area contributed by atoms with Gasteiger partial charge in [0.15, 0.2) is 11.6 Å². The molecule has 142 valence electrons. The highest BCUT2D eigenvalue weighted by Gasteiger charge is 2.16. The van der Waals surface area contributed by atoms with Crippen LogP contribution in [0.25, 0.3) is 0 Å². The van der Waals surface area contributed by atoms with Gasteiger partial charge in [-0.1, -0.05) is 30.3 Å². The number of anilines is 1. The topological polar surface area (TPSA) is 75.6 Å². The number of Topliss-reactive ketones (excluding diaryl/α,β-unsaturated/α-hetero) is 1. The number of rotatable bonds is 5. The zero-order valence-corrected chi connectivity index (χ0v) is 15.8. The molecule has 3 aromatic carbocycles. The van der Waals surface area contributed by atoms with Crippen LogP contribution in [0.4, 0.5) is 10.1 Å². The SMILES string of the molecule is CC(=O)c1ccc(N/C(=N\S(=O)(=O)c2ccc(F)cc2)c2ccccc2)cc1. The minimum absolute atomic E-state index is 0.0672. The van der Waals surface area contributed by atoms with Crippen LogP contribution in [0.15, 0.2) is 88.2 Å². The van der Waals surface area contributed by atoms with Gasteiger partial charge in [0, 0.05) is 16.8 Å². The lowest BCUT2D eigenvalue weighted by Crippen LogP contribution is -2.16. The number of hydrogen-bond acceptors (Lipinski definition) is 3. The molecule has 0 saturated heterocycles. The molecule has 0 amide bonds. The first-order chi connectivity index (χ1) is 13.3.